The van der Waals surface area contributed by atoms with Gasteiger partial charge in [0.05, 0.1) is 22.9 Å². The number of nitrogens with zero attached hydrogens (tertiary/aromatic N) is 1. The molecule has 9 heavy (non-hydrogen) atoms. The lowest BCUT2D eigenvalue weighted by atomic mass is 10.4. The Balaban J connectivity index is 2.75. The van der Waals surface area contributed by atoms with Crippen LogP contribution in [0.5, 0.6) is 0 Å². The topological polar surface area (TPSA) is 29.3 Å². The van der Waals surface area contributed by atoms with Crippen LogP contribution in [0.1, 0.15) is 0 Å². The Labute approximate surface area is 68.2 Å². The molecule has 0 atom stereocenters. The molecule has 0 aromatic carbocycles. The van der Waals surface area contributed by atoms with Crippen molar-refractivity contribution >= 4 is 22.9 Å². The van der Waals surface area contributed by atoms with Crippen molar-refractivity contribution in [3.05, 3.63) is 36.3 Å². The highest BCUT2D eigenvalue weighted by Crippen LogP contribution is 2.05. The molecule has 3 heteroatoms. The zero-order chi connectivity index (χ0) is 6.69. The van der Waals surface area contributed by atoms with Crippen LogP contribution in [0.25, 0.3) is 0 Å². The second-order valence-electron chi connectivity index (χ2n) is 1.67. The molecule has 0 fully saturated rings. The van der Waals surface area contributed by atoms with Crippen LogP contribution in [0.2, 0.25) is 0 Å². The summed E-state index contributed by atoms with van der Waals surface area (Å²) >= 11 is 2.16. The molecule has 0 spiro atoms. The SMILES string of the molecule is NC1=CC=CN(I)C=C1. The minimum Gasteiger partial charge on any atom is -0.399 e. The summed E-state index contributed by atoms with van der Waals surface area (Å²) in [5.41, 5.74) is 6.27. The van der Waals surface area contributed by atoms with Gasteiger partial charge in [-0.15, -0.1) is 0 Å². The Morgan fingerprint density at radius 1 is 1.44 bits per heavy atom. The Hall–Kier alpha value is -0.450. The molecule has 0 saturated carbocycles. The lowest BCUT2D eigenvalue weighted by molar-refractivity contribution is 0.920. The molecule has 1 aliphatic heterocycles. The van der Waals surface area contributed by atoms with Crippen LogP contribution in [0.4, 0.5) is 0 Å². The number of halogens is 1. The second kappa shape index (κ2) is 2.91. The maximum absolute atomic E-state index is 5.49. The molecule has 48 valence electrons. The zero-order valence-electron chi connectivity index (χ0n) is 4.79. The number of rotatable bonds is 0. The summed E-state index contributed by atoms with van der Waals surface area (Å²) in [5, 5.41) is 0. The molecule has 0 amide bonds. The van der Waals surface area contributed by atoms with Crippen molar-refractivity contribution in [3.8, 4) is 0 Å². The van der Waals surface area contributed by atoms with Gasteiger partial charge < -0.3 is 5.73 Å². The standard InChI is InChI=1S/C6H7IN2/c7-9-4-1-2-6(8)3-5-9/h1-5H,8H2. The van der Waals surface area contributed by atoms with E-state index < -0.39 is 0 Å². The lowest BCUT2D eigenvalue weighted by Gasteiger charge is -1.98. The number of allylic oxidation sites excluding steroid dienone is 3. The van der Waals surface area contributed by atoms with Gasteiger partial charge in [-0.05, 0) is 18.2 Å². The first-order valence-electron chi connectivity index (χ1n) is 2.55. The summed E-state index contributed by atoms with van der Waals surface area (Å²) in [7, 11) is 0. The molecule has 1 aliphatic rings. The van der Waals surface area contributed by atoms with Gasteiger partial charge in [0.2, 0.25) is 0 Å². The van der Waals surface area contributed by atoms with E-state index in [9.17, 15) is 0 Å². The Morgan fingerprint density at radius 2 is 2.22 bits per heavy atom. The average molecular weight is 234 g/mol. The molecule has 0 unspecified atom stereocenters. The molecule has 2 N–H and O–H groups in total. The first kappa shape index (κ1) is 6.67. The number of hydrogen-bond acceptors (Lipinski definition) is 2. The van der Waals surface area contributed by atoms with Crippen molar-refractivity contribution in [1.82, 2.24) is 3.11 Å². The summed E-state index contributed by atoms with van der Waals surface area (Å²) < 4.78 is 1.91. The van der Waals surface area contributed by atoms with E-state index in [0.29, 0.717) is 0 Å². The minimum absolute atomic E-state index is 0.783. The quantitative estimate of drug-likeness (QED) is 0.508. The van der Waals surface area contributed by atoms with E-state index in [1.54, 1.807) is 0 Å². The first-order valence-corrected chi connectivity index (χ1v) is 3.52. The fourth-order valence-electron chi connectivity index (χ4n) is 0.499. The van der Waals surface area contributed by atoms with Gasteiger partial charge in [0.15, 0.2) is 0 Å². The van der Waals surface area contributed by atoms with E-state index in [0.717, 1.165) is 5.70 Å². The minimum atomic E-state index is 0.783. The van der Waals surface area contributed by atoms with Gasteiger partial charge in [-0.25, -0.2) is 0 Å². The predicted molar refractivity (Wildman–Crippen MR) is 46.4 cm³/mol. The van der Waals surface area contributed by atoms with E-state index in [4.69, 9.17) is 5.73 Å². The van der Waals surface area contributed by atoms with Crippen LogP contribution in [0.15, 0.2) is 36.3 Å². The third-order valence-corrected chi connectivity index (χ3v) is 1.57. The first-order chi connectivity index (χ1) is 4.29. The largest absolute Gasteiger partial charge is 0.399 e. The van der Waals surface area contributed by atoms with E-state index in [1.807, 2.05) is 33.7 Å². The van der Waals surface area contributed by atoms with Crippen molar-refractivity contribution in [2.24, 2.45) is 5.73 Å². The van der Waals surface area contributed by atoms with Gasteiger partial charge in [-0.2, -0.15) is 0 Å². The third-order valence-electron chi connectivity index (χ3n) is 0.927. The van der Waals surface area contributed by atoms with Gasteiger partial charge in [0.25, 0.3) is 0 Å². The summed E-state index contributed by atoms with van der Waals surface area (Å²) in [6.07, 6.45) is 9.44. The van der Waals surface area contributed by atoms with Gasteiger partial charge >= 0.3 is 0 Å². The lowest BCUT2D eigenvalue weighted by Crippen LogP contribution is -1.91. The number of hydrogen-bond donors (Lipinski definition) is 1. The summed E-state index contributed by atoms with van der Waals surface area (Å²) in [4.78, 5) is 0. The molecule has 0 radical (unpaired) electrons. The second-order valence-corrected chi connectivity index (χ2v) is 2.78. The van der Waals surface area contributed by atoms with Crippen LogP contribution in [-0.2, 0) is 0 Å². The molecule has 0 aromatic rings. The third kappa shape index (κ3) is 2.09. The Morgan fingerprint density at radius 3 is 3.00 bits per heavy atom. The fraction of sp³-hybridized carbons (Fsp3) is 0. The normalized spacial score (nSPS) is 17.4. The Bertz CT molecular complexity index is 181. The van der Waals surface area contributed by atoms with Crippen molar-refractivity contribution in [2.45, 2.75) is 0 Å². The monoisotopic (exact) mass is 234 g/mol. The smallest absolute Gasteiger partial charge is 0.0634 e. The van der Waals surface area contributed by atoms with Crippen LogP contribution >= 0.6 is 22.9 Å². The predicted octanol–water partition coefficient (Wildman–Crippen LogP) is 1.52. The summed E-state index contributed by atoms with van der Waals surface area (Å²) in [5.74, 6) is 0. The van der Waals surface area contributed by atoms with E-state index in [-0.39, 0.29) is 0 Å². The van der Waals surface area contributed by atoms with Crippen molar-refractivity contribution in [2.75, 3.05) is 0 Å². The summed E-state index contributed by atoms with van der Waals surface area (Å²) in [6, 6.07) is 0. The van der Waals surface area contributed by atoms with Crippen molar-refractivity contribution in [3.63, 3.8) is 0 Å². The van der Waals surface area contributed by atoms with Crippen LogP contribution < -0.4 is 5.73 Å². The van der Waals surface area contributed by atoms with Crippen molar-refractivity contribution < 1.29 is 0 Å². The van der Waals surface area contributed by atoms with E-state index in [1.165, 1.54) is 0 Å². The van der Waals surface area contributed by atoms with Gasteiger partial charge in [-0.1, -0.05) is 0 Å². The molecule has 0 aliphatic carbocycles. The molecular formula is C6H7IN2. The van der Waals surface area contributed by atoms with Crippen LogP contribution in [-0.4, -0.2) is 3.11 Å². The molecule has 0 bridgehead atoms. The molecule has 1 heterocycles. The maximum Gasteiger partial charge on any atom is 0.0634 e. The molecule has 2 nitrogen and oxygen atoms in total. The highest BCUT2D eigenvalue weighted by atomic mass is 127. The van der Waals surface area contributed by atoms with Gasteiger partial charge in [-0.3, -0.25) is 3.11 Å². The maximum atomic E-state index is 5.49. The molecule has 0 aromatic heterocycles. The molecule has 1 rings (SSSR count). The fourth-order valence-corrected chi connectivity index (χ4v) is 0.845. The molecule has 0 saturated heterocycles. The van der Waals surface area contributed by atoms with E-state index in [2.05, 4.69) is 22.9 Å². The van der Waals surface area contributed by atoms with E-state index >= 15 is 0 Å². The summed E-state index contributed by atoms with van der Waals surface area (Å²) in [6.45, 7) is 0. The molecular weight excluding hydrogens is 227 g/mol. The van der Waals surface area contributed by atoms with Crippen LogP contribution in [0.3, 0.4) is 0 Å². The van der Waals surface area contributed by atoms with Crippen molar-refractivity contribution in [1.29, 1.82) is 0 Å². The number of nitrogens with two attached hydrogens (primary N) is 1. The van der Waals surface area contributed by atoms with Gasteiger partial charge in [0.1, 0.15) is 0 Å². The Kier molecular flexibility index (Phi) is 2.16. The zero-order valence-corrected chi connectivity index (χ0v) is 6.95. The highest BCUT2D eigenvalue weighted by molar-refractivity contribution is 14.1. The van der Waals surface area contributed by atoms with Crippen LogP contribution in [0, 0.1) is 0 Å². The highest BCUT2D eigenvalue weighted by Gasteiger charge is 1.88. The van der Waals surface area contributed by atoms with Gasteiger partial charge in [0, 0.05) is 18.1 Å². The average Bonchev–Trinajstić information content (AvgIpc) is 1.97.